The second-order valence-corrected chi connectivity index (χ2v) is 8.59. The maximum absolute atomic E-state index is 12.4. The van der Waals surface area contributed by atoms with Crippen LogP contribution in [0.1, 0.15) is 46.0 Å². The molecule has 29 heavy (non-hydrogen) atoms. The molecule has 0 atom stereocenters. The highest BCUT2D eigenvalue weighted by atomic mass is 32.2. The molecule has 0 aliphatic heterocycles. The Hall–Kier alpha value is -3.04. The number of amides is 2. The van der Waals surface area contributed by atoms with Crippen molar-refractivity contribution in [3.05, 3.63) is 65.2 Å². The van der Waals surface area contributed by atoms with Gasteiger partial charge < -0.3 is 0 Å². The van der Waals surface area contributed by atoms with Crippen LogP contribution in [0.3, 0.4) is 0 Å². The number of carbonyl (C=O) groups is 3. The van der Waals surface area contributed by atoms with E-state index in [2.05, 4.69) is 15.6 Å². The number of ketones is 1. The maximum atomic E-state index is 12.4. The van der Waals surface area contributed by atoms with Crippen LogP contribution in [-0.4, -0.2) is 26.0 Å². The number of hydrogen-bond acceptors (Lipinski definition) is 5. The topological polar surface area (TPSA) is 121 Å². The number of rotatable bonds is 7. The highest BCUT2D eigenvalue weighted by Gasteiger charge is 2.29. The lowest BCUT2D eigenvalue weighted by atomic mass is 10.1. The van der Waals surface area contributed by atoms with Gasteiger partial charge in [0.15, 0.2) is 5.78 Å². The van der Waals surface area contributed by atoms with Crippen molar-refractivity contribution in [2.24, 2.45) is 5.92 Å². The highest BCUT2D eigenvalue weighted by Crippen LogP contribution is 2.28. The van der Waals surface area contributed by atoms with E-state index in [0.29, 0.717) is 16.7 Å². The van der Waals surface area contributed by atoms with E-state index in [0.717, 1.165) is 12.8 Å². The molecule has 3 N–H and O–H groups in total. The molecule has 1 aliphatic carbocycles. The van der Waals surface area contributed by atoms with Crippen LogP contribution in [0.25, 0.3) is 0 Å². The number of Topliss-reactive ketones (excluding diaryl/α,β-unsaturated/α-hetero) is 1. The van der Waals surface area contributed by atoms with Crippen molar-refractivity contribution in [1.82, 2.24) is 15.6 Å². The quantitative estimate of drug-likeness (QED) is 0.468. The summed E-state index contributed by atoms with van der Waals surface area (Å²) in [5.41, 5.74) is 6.17. The summed E-state index contributed by atoms with van der Waals surface area (Å²) in [6.07, 6.45) is 1.68. The van der Waals surface area contributed by atoms with Crippen LogP contribution in [0.4, 0.5) is 0 Å². The lowest BCUT2D eigenvalue weighted by Gasteiger charge is -2.09. The molecule has 1 saturated carbocycles. The summed E-state index contributed by atoms with van der Waals surface area (Å²) in [5.74, 6) is -0.792. The smallest absolute Gasteiger partial charge is 0.269 e. The first-order valence-corrected chi connectivity index (χ1v) is 10.5. The number of nitrogens with one attached hydrogen (secondary N) is 3. The fourth-order valence-corrected chi connectivity index (χ4v) is 3.56. The Balaban J connectivity index is 1.55. The minimum absolute atomic E-state index is 0.00985. The third-order valence-corrected chi connectivity index (χ3v) is 5.92. The molecule has 2 amide bonds. The molecular weight excluding hydrogens is 394 g/mol. The van der Waals surface area contributed by atoms with E-state index in [1.54, 1.807) is 24.3 Å². The second kappa shape index (κ2) is 8.54. The van der Waals surface area contributed by atoms with Crippen molar-refractivity contribution in [2.75, 3.05) is 0 Å². The molecule has 0 unspecified atom stereocenters. The van der Waals surface area contributed by atoms with Crippen molar-refractivity contribution in [1.29, 1.82) is 0 Å². The van der Waals surface area contributed by atoms with Crippen molar-refractivity contribution in [2.45, 2.75) is 31.2 Å². The van der Waals surface area contributed by atoms with E-state index < -0.39 is 15.9 Å². The minimum atomic E-state index is -3.74. The van der Waals surface area contributed by atoms with Gasteiger partial charge in [-0.2, -0.15) is 0 Å². The van der Waals surface area contributed by atoms with Crippen LogP contribution in [-0.2, 0) is 21.4 Å². The van der Waals surface area contributed by atoms with Gasteiger partial charge in [-0.05, 0) is 49.6 Å². The molecule has 0 radical (unpaired) electrons. The van der Waals surface area contributed by atoms with E-state index in [1.165, 1.54) is 31.2 Å². The Labute approximate surface area is 168 Å². The lowest BCUT2D eigenvalue weighted by molar-refractivity contribution is -0.123. The van der Waals surface area contributed by atoms with Crippen LogP contribution in [0.15, 0.2) is 53.4 Å². The molecule has 1 aliphatic rings. The predicted octanol–water partition coefficient (Wildman–Crippen LogP) is 1.54. The monoisotopic (exact) mass is 415 g/mol. The summed E-state index contributed by atoms with van der Waals surface area (Å²) >= 11 is 0. The standard InChI is InChI=1S/C20H21N3O5S/c1-13(24)15-8-10-18(11-9-15)29(27,28)21-12-14-2-4-16(5-3-14)19(25)22-23-20(26)17-6-7-17/h2-5,8-11,17,21H,6-7,12H2,1H3,(H,22,25)(H,23,26). The van der Waals surface area contributed by atoms with Crippen molar-refractivity contribution >= 4 is 27.6 Å². The zero-order valence-corrected chi connectivity index (χ0v) is 16.6. The van der Waals surface area contributed by atoms with Gasteiger partial charge in [0.25, 0.3) is 5.91 Å². The SMILES string of the molecule is CC(=O)c1ccc(S(=O)(=O)NCc2ccc(C(=O)NNC(=O)C3CC3)cc2)cc1. The summed E-state index contributed by atoms with van der Waals surface area (Å²) in [7, 11) is -3.74. The molecule has 0 heterocycles. The summed E-state index contributed by atoms with van der Waals surface area (Å²) in [6, 6.07) is 12.0. The Morgan fingerprint density at radius 1 is 0.897 bits per heavy atom. The van der Waals surface area contributed by atoms with Gasteiger partial charge in [-0.3, -0.25) is 25.2 Å². The number of hydrogen-bond donors (Lipinski definition) is 3. The molecule has 0 saturated heterocycles. The molecule has 2 aromatic rings. The zero-order valence-electron chi connectivity index (χ0n) is 15.8. The zero-order chi connectivity index (χ0) is 21.0. The third kappa shape index (κ3) is 5.49. The average molecular weight is 415 g/mol. The van der Waals surface area contributed by atoms with Gasteiger partial charge >= 0.3 is 0 Å². The Morgan fingerprint density at radius 2 is 1.48 bits per heavy atom. The summed E-state index contributed by atoms with van der Waals surface area (Å²) in [5, 5.41) is 0. The van der Waals surface area contributed by atoms with E-state index >= 15 is 0 Å². The molecule has 0 bridgehead atoms. The largest absolute Gasteiger partial charge is 0.295 e. The molecule has 1 fully saturated rings. The molecular formula is C20H21N3O5S. The number of hydrazine groups is 1. The normalized spacial score (nSPS) is 13.6. The molecule has 0 aromatic heterocycles. The fraction of sp³-hybridized carbons (Fsp3) is 0.250. The van der Waals surface area contributed by atoms with Gasteiger partial charge in [0.1, 0.15) is 0 Å². The Morgan fingerprint density at radius 3 is 2.03 bits per heavy atom. The molecule has 152 valence electrons. The molecule has 9 heteroatoms. The van der Waals surface area contributed by atoms with E-state index in [-0.39, 0.29) is 29.0 Å². The summed E-state index contributed by atoms with van der Waals surface area (Å²) < 4.78 is 27.2. The summed E-state index contributed by atoms with van der Waals surface area (Å²) in [4.78, 5) is 34.9. The third-order valence-electron chi connectivity index (χ3n) is 4.50. The molecule has 0 spiro atoms. The minimum Gasteiger partial charge on any atom is -0.295 e. The van der Waals surface area contributed by atoms with E-state index in [1.807, 2.05) is 0 Å². The van der Waals surface area contributed by atoms with Crippen molar-refractivity contribution in [3.63, 3.8) is 0 Å². The number of sulfonamides is 1. The Bertz CT molecular complexity index is 1030. The lowest BCUT2D eigenvalue weighted by Crippen LogP contribution is -2.42. The summed E-state index contributed by atoms with van der Waals surface area (Å²) in [6.45, 7) is 1.45. The van der Waals surface area contributed by atoms with E-state index in [4.69, 9.17) is 0 Å². The van der Waals surface area contributed by atoms with Crippen molar-refractivity contribution in [3.8, 4) is 0 Å². The molecule has 8 nitrogen and oxygen atoms in total. The first-order valence-electron chi connectivity index (χ1n) is 9.06. The number of benzene rings is 2. The van der Waals surface area contributed by atoms with Gasteiger partial charge in [-0.15, -0.1) is 0 Å². The highest BCUT2D eigenvalue weighted by molar-refractivity contribution is 7.89. The fourth-order valence-electron chi connectivity index (χ4n) is 2.54. The van der Waals surface area contributed by atoms with Gasteiger partial charge in [-0.1, -0.05) is 24.3 Å². The first-order chi connectivity index (χ1) is 13.8. The van der Waals surface area contributed by atoms with Crippen LogP contribution in [0.2, 0.25) is 0 Å². The first kappa shape index (κ1) is 20.7. The maximum Gasteiger partial charge on any atom is 0.269 e. The number of carbonyl (C=O) groups excluding carboxylic acids is 3. The molecule has 2 aromatic carbocycles. The van der Waals surface area contributed by atoms with Gasteiger partial charge in [0.2, 0.25) is 15.9 Å². The van der Waals surface area contributed by atoms with Crippen LogP contribution in [0.5, 0.6) is 0 Å². The van der Waals surface area contributed by atoms with E-state index in [9.17, 15) is 22.8 Å². The van der Waals surface area contributed by atoms with Gasteiger partial charge in [-0.25, -0.2) is 13.1 Å². The average Bonchev–Trinajstić information content (AvgIpc) is 3.56. The van der Waals surface area contributed by atoms with Crippen LogP contribution < -0.4 is 15.6 Å². The second-order valence-electron chi connectivity index (χ2n) is 6.82. The van der Waals surface area contributed by atoms with Gasteiger partial charge in [0.05, 0.1) is 4.90 Å². The predicted molar refractivity (Wildman–Crippen MR) is 105 cm³/mol. The van der Waals surface area contributed by atoms with Crippen LogP contribution >= 0.6 is 0 Å². The van der Waals surface area contributed by atoms with Gasteiger partial charge in [0, 0.05) is 23.6 Å². The Kier molecular flexibility index (Phi) is 6.09. The van der Waals surface area contributed by atoms with Crippen LogP contribution in [0, 0.1) is 5.92 Å². The molecule has 3 rings (SSSR count). The van der Waals surface area contributed by atoms with Crippen molar-refractivity contribution < 1.29 is 22.8 Å².